The predicted molar refractivity (Wildman–Crippen MR) is 67.1 cm³/mol. The van der Waals surface area contributed by atoms with Crippen molar-refractivity contribution in [2.75, 3.05) is 7.11 Å². The number of phenolic OH excluding ortho intramolecular Hbond substituents is 1. The molecule has 0 unspecified atom stereocenters. The molecular weight excluding hydrogens is 232 g/mol. The molecule has 0 aromatic heterocycles. The van der Waals surface area contributed by atoms with Crippen molar-refractivity contribution in [2.45, 2.75) is 0 Å². The standard InChI is InChI=1S/C14H12O4/c1-18-13-8-10(14(16)17)5-6-12(13)9-3-2-4-11(15)7-9/h2-8,15H,1H3,(H,16,17). The van der Waals surface area contributed by atoms with Crippen molar-refractivity contribution in [3.05, 3.63) is 48.0 Å². The van der Waals surface area contributed by atoms with Gasteiger partial charge in [0.1, 0.15) is 11.5 Å². The summed E-state index contributed by atoms with van der Waals surface area (Å²) in [6.07, 6.45) is 0. The maximum atomic E-state index is 10.9. The maximum absolute atomic E-state index is 10.9. The molecule has 0 aliphatic heterocycles. The van der Waals surface area contributed by atoms with Crippen molar-refractivity contribution in [2.24, 2.45) is 0 Å². The molecule has 4 nitrogen and oxygen atoms in total. The van der Waals surface area contributed by atoms with Crippen LogP contribution >= 0.6 is 0 Å². The van der Waals surface area contributed by atoms with Gasteiger partial charge < -0.3 is 14.9 Å². The molecule has 0 fully saturated rings. The summed E-state index contributed by atoms with van der Waals surface area (Å²) >= 11 is 0. The molecule has 0 radical (unpaired) electrons. The summed E-state index contributed by atoms with van der Waals surface area (Å²) in [5.41, 5.74) is 1.66. The van der Waals surface area contributed by atoms with Crippen LogP contribution in [0.3, 0.4) is 0 Å². The lowest BCUT2D eigenvalue weighted by atomic mass is 10.0. The average molecular weight is 244 g/mol. The van der Waals surface area contributed by atoms with E-state index < -0.39 is 5.97 Å². The highest BCUT2D eigenvalue weighted by molar-refractivity contribution is 5.89. The molecule has 0 heterocycles. The fourth-order valence-corrected chi connectivity index (χ4v) is 1.74. The Bertz CT molecular complexity index is 590. The van der Waals surface area contributed by atoms with Gasteiger partial charge in [-0.1, -0.05) is 12.1 Å². The fourth-order valence-electron chi connectivity index (χ4n) is 1.74. The lowest BCUT2D eigenvalue weighted by molar-refractivity contribution is 0.0696. The molecule has 0 amide bonds. The molecule has 0 bridgehead atoms. The summed E-state index contributed by atoms with van der Waals surface area (Å²) in [4.78, 5) is 10.9. The Labute approximate surface area is 104 Å². The van der Waals surface area contributed by atoms with Gasteiger partial charge in [0.2, 0.25) is 0 Å². The van der Waals surface area contributed by atoms with Crippen LogP contribution < -0.4 is 4.74 Å². The number of aromatic hydroxyl groups is 1. The number of benzene rings is 2. The first-order chi connectivity index (χ1) is 8.61. The molecule has 18 heavy (non-hydrogen) atoms. The van der Waals surface area contributed by atoms with Gasteiger partial charge in [-0.2, -0.15) is 0 Å². The molecule has 4 heteroatoms. The molecule has 0 saturated carbocycles. The van der Waals surface area contributed by atoms with Crippen LogP contribution in [0, 0.1) is 0 Å². The van der Waals surface area contributed by atoms with E-state index in [1.165, 1.54) is 19.2 Å². The van der Waals surface area contributed by atoms with E-state index in [-0.39, 0.29) is 11.3 Å². The number of phenols is 1. The summed E-state index contributed by atoms with van der Waals surface area (Å²) in [6.45, 7) is 0. The molecule has 2 rings (SSSR count). The average Bonchev–Trinajstić information content (AvgIpc) is 2.37. The fraction of sp³-hybridized carbons (Fsp3) is 0.0714. The van der Waals surface area contributed by atoms with Crippen molar-refractivity contribution in [1.82, 2.24) is 0 Å². The van der Waals surface area contributed by atoms with Crippen LogP contribution in [0.25, 0.3) is 11.1 Å². The zero-order chi connectivity index (χ0) is 13.1. The number of hydrogen-bond acceptors (Lipinski definition) is 3. The first-order valence-electron chi connectivity index (χ1n) is 5.32. The lowest BCUT2D eigenvalue weighted by Crippen LogP contribution is -1.97. The van der Waals surface area contributed by atoms with E-state index in [0.717, 1.165) is 11.1 Å². The SMILES string of the molecule is COc1cc(C(=O)O)ccc1-c1cccc(O)c1. The van der Waals surface area contributed by atoms with Crippen LogP contribution in [0.15, 0.2) is 42.5 Å². The number of carbonyl (C=O) groups is 1. The van der Waals surface area contributed by atoms with Crippen molar-refractivity contribution < 1.29 is 19.7 Å². The molecule has 0 aliphatic carbocycles. The van der Waals surface area contributed by atoms with Gasteiger partial charge in [0.15, 0.2) is 0 Å². The largest absolute Gasteiger partial charge is 0.508 e. The maximum Gasteiger partial charge on any atom is 0.335 e. The zero-order valence-corrected chi connectivity index (χ0v) is 9.75. The third-order valence-electron chi connectivity index (χ3n) is 2.61. The van der Waals surface area contributed by atoms with Gasteiger partial charge >= 0.3 is 5.97 Å². The topological polar surface area (TPSA) is 66.8 Å². The summed E-state index contributed by atoms with van der Waals surface area (Å²) in [5, 5.41) is 18.4. The van der Waals surface area contributed by atoms with Gasteiger partial charge in [-0.05, 0) is 35.9 Å². The highest BCUT2D eigenvalue weighted by Crippen LogP contribution is 2.32. The summed E-state index contributed by atoms with van der Waals surface area (Å²) < 4.78 is 5.19. The van der Waals surface area contributed by atoms with E-state index >= 15 is 0 Å². The normalized spacial score (nSPS) is 10.1. The third-order valence-corrected chi connectivity index (χ3v) is 2.61. The Balaban J connectivity index is 2.54. The second-order valence-electron chi connectivity index (χ2n) is 3.77. The highest BCUT2D eigenvalue weighted by atomic mass is 16.5. The molecule has 0 atom stereocenters. The van der Waals surface area contributed by atoms with Crippen molar-refractivity contribution >= 4 is 5.97 Å². The first kappa shape index (κ1) is 12.0. The van der Waals surface area contributed by atoms with Gasteiger partial charge in [0.25, 0.3) is 0 Å². The molecule has 2 aromatic rings. The van der Waals surface area contributed by atoms with Gasteiger partial charge in [-0.25, -0.2) is 4.79 Å². The number of hydrogen-bond donors (Lipinski definition) is 2. The molecule has 2 aromatic carbocycles. The summed E-state index contributed by atoms with van der Waals surface area (Å²) in [5.74, 6) is -0.395. The van der Waals surface area contributed by atoms with E-state index in [1.54, 1.807) is 24.3 Å². The minimum atomic E-state index is -1.00. The van der Waals surface area contributed by atoms with Crippen LogP contribution in [0.2, 0.25) is 0 Å². The van der Waals surface area contributed by atoms with E-state index in [4.69, 9.17) is 9.84 Å². The van der Waals surface area contributed by atoms with Crippen LogP contribution in [0.4, 0.5) is 0 Å². The van der Waals surface area contributed by atoms with Gasteiger partial charge in [0.05, 0.1) is 12.7 Å². The zero-order valence-electron chi connectivity index (χ0n) is 9.75. The van der Waals surface area contributed by atoms with Crippen molar-refractivity contribution in [1.29, 1.82) is 0 Å². The van der Waals surface area contributed by atoms with Crippen molar-refractivity contribution in [3.63, 3.8) is 0 Å². The minimum absolute atomic E-state index is 0.150. The lowest BCUT2D eigenvalue weighted by Gasteiger charge is -2.09. The van der Waals surface area contributed by atoms with E-state index in [2.05, 4.69) is 0 Å². The number of carboxylic acids is 1. The molecule has 0 spiro atoms. The van der Waals surface area contributed by atoms with Crippen molar-refractivity contribution in [3.8, 4) is 22.6 Å². The third kappa shape index (κ3) is 2.27. The summed E-state index contributed by atoms with van der Waals surface area (Å²) in [6, 6.07) is 11.3. The monoisotopic (exact) mass is 244 g/mol. The summed E-state index contributed by atoms with van der Waals surface area (Å²) in [7, 11) is 1.48. The van der Waals surface area contributed by atoms with E-state index in [0.29, 0.717) is 5.75 Å². The molecule has 2 N–H and O–H groups in total. The van der Waals surface area contributed by atoms with Crippen LogP contribution in [0.5, 0.6) is 11.5 Å². The number of methoxy groups -OCH3 is 1. The number of ether oxygens (including phenoxy) is 1. The Morgan fingerprint density at radius 2 is 1.94 bits per heavy atom. The molecule has 0 saturated heterocycles. The Kier molecular flexibility index (Phi) is 3.19. The second-order valence-corrected chi connectivity index (χ2v) is 3.77. The van der Waals surface area contributed by atoms with Crippen LogP contribution in [-0.4, -0.2) is 23.3 Å². The van der Waals surface area contributed by atoms with E-state index in [1.807, 2.05) is 6.07 Å². The molecule has 92 valence electrons. The highest BCUT2D eigenvalue weighted by Gasteiger charge is 2.10. The Morgan fingerprint density at radius 3 is 2.56 bits per heavy atom. The predicted octanol–water partition coefficient (Wildman–Crippen LogP) is 2.77. The number of carboxylic acid groups (broad SMARTS) is 1. The van der Waals surface area contributed by atoms with Crippen LogP contribution in [-0.2, 0) is 0 Å². The minimum Gasteiger partial charge on any atom is -0.508 e. The molecular formula is C14H12O4. The van der Waals surface area contributed by atoms with Gasteiger partial charge in [-0.15, -0.1) is 0 Å². The van der Waals surface area contributed by atoms with E-state index in [9.17, 15) is 9.90 Å². The second kappa shape index (κ2) is 4.79. The smallest absolute Gasteiger partial charge is 0.335 e. The number of aromatic carboxylic acids is 1. The van der Waals surface area contributed by atoms with Gasteiger partial charge in [0, 0.05) is 5.56 Å². The number of rotatable bonds is 3. The van der Waals surface area contributed by atoms with Crippen LogP contribution in [0.1, 0.15) is 10.4 Å². The quantitative estimate of drug-likeness (QED) is 0.871. The first-order valence-corrected chi connectivity index (χ1v) is 5.32. The molecule has 0 aliphatic rings. The Morgan fingerprint density at radius 1 is 1.17 bits per heavy atom. The van der Waals surface area contributed by atoms with Gasteiger partial charge in [-0.3, -0.25) is 0 Å². The Hall–Kier alpha value is -2.49.